The molecule has 0 saturated carbocycles. The smallest absolute Gasteiger partial charge is 0.243 e. The van der Waals surface area contributed by atoms with Crippen molar-refractivity contribution in [3.05, 3.63) is 24.5 Å². The van der Waals surface area contributed by atoms with Gasteiger partial charge in [0, 0.05) is 24.6 Å². The van der Waals surface area contributed by atoms with E-state index in [4.69, 9.17) is 0 Å². The lowest BCUT2D eigenvalue weighted by atomic mass is 10.2. The van der Waals surface area contributed by atoms with Crippen LogP contribution >= 0.6 is 0 Å². The molecule has 1 saturated heterocycles. The van der Waals surface area contributed by atoms with Crippen LogP contribution in [-0.2, 0) is 4.79 Å². The molecule has 1 amide bonds. The van der Waals surface area contributed by atoms with Gasteiger partial charge in [0.05, 0.1) is 6.04 Å². The van der Waals surface area contributed by atoms with Crippen LogP contribution in [0.5, 0.6) is 0 Å². The first-order chi connectivity index (χ1) is 7.29. The molecule has 0 radical (unpaired) electrons. The Bertz CT molecular complexity index is 339. The third kappa shape index (κ3) is 2.15. The van der Waals surface area contributed by atoms with Gasteiger partial charge in [-0.15, -0.1) is 0 Å². The number of hydrogen-bond donors (Lipinski definition) is 1. The first-order valence-electron chi connectivity index (χ1n) is 5.24. The highest BCUT2D eigenvalue weighted by molar-refractivity contribution is 5.97. The molecule has 1 N–H and O–H groups in total. The second-order valence-corrected chi connectivity index (χ2v) is 3.72. The average molecular weight is 205 g/mol. The summed E-state index contributed by atoms with van der Waals surface area (Å²) in [6.45, 7) is 3.58. The maximum Gasteiger partial charge on any atom is 0.243 e. The Hall–Kier alpha value is -1.42. The number of nitrogens with one attached hydrogen (secondary N) is 1. The lowest BCUT2D eigenvalue weighted by Gasteiger charge is -2.22. The van der Waals surface area contributed by atoms with Gasteiger partial charge < -0.3 is 10.2 Å². The molecule has 80 valence electrons. The van der Waals surface area contributed by atoms with Crippen LogP contribution in [0.2, 0.25) is 0 Å². The SMILES string of the molecule is CC1NCCCN(c2ccncc2)C1=O. The van der Waals surface area contributed by atoms with Crippen molar-refractivity contribution in [2.75, 3.05) is 18.0 Å². The van der Waals surface area contributed by atoms with Gasteiger partial charge >= 0.3 is 0 Å². The maximum absolute atomic E-state index is 12.0. The number of pyridine rings is 1. The van der Waals surface area contributed by atoms with Crippen LogP contribution in [-0.4, -0.2) is 30.0 Å². The quantitative estimate of drug-likeness (QED) is 0.737. The Kier molecular flexibility index (Phi) is 2.97. The van der Waals surface area contributed by atoms with E-state index in [-0.39, 0.29) is 11.9 Å². The van der Waals surface area contributed by atoms with Crippen molar-refractivity contribution in [3.8, 4) is 0 Å². The molecule has 0 bridgehead atoms. The fraction of sp³-hybridized carbons (Fsp3) is 0.455. The standard InChI is InChI=1S/C11H15N3O/c1-9-11(15)14(8-2-5-13-9)10-3-6-12-7-4-10/h3-4,6-7,9,13H,2,5,8H2,1H3. The lowest BCUT2D eigenvalue weighted by molar-refractivity contribution is -0.119. The molecule has 1 atom stereocenters. The van der Waals surface area contributed by atoms with Gasteiger partial charge in [0.2, 0.25) is 5.91 Å². The second kappa shape index (κ2) is 4.40. The minimum absolute atomic E-state index is 0.0966. The van der Waals surface area contributed by atoms with Crippen molar-refractivity contribution in [1.29, 1.82) is 0 Å². The molecule has 0 spiro atoms. The first-order valence-corrected chi connectivity index (χ1v) is 5.24. The first kappa shape index (κ1) is 10.1. The largest absolute Gasteiger partial charge is 0.311 e. The maximum atomic E-state index is 12.0. The number of rotatable bonds is 1. The number of carbonyl (C=O) groups is 1. The van der Waals surface area contributed by atoms with Crippen molar-refractivity contribution in [1.82, 2.24) is 10.3 Å². The van der Waals surface area contributed by atoms with Crippen LogP contribution in [0.4, 0.5) is 5.69 Å². The van der Waals surface area contributed by atoms with E-state index in [2.05, 4.69) is 10.3 Å². The number of carbonyl (C=O) groups excluding carboxylic acids is 1. The van der Waals surface area contributed by atoms with E-state index in [1.54, 1.807) is 12.4 Å². The molecule has 2 rings (SSSR count). The number of anilines is 1. The molecule has 4 heteroatoms. The predicted octanol–water partition coefficient (Wildman–Crippen LogP) is 0.796. The van der Waals surface area contributed by atoms with Crippen LogP contribution < -0.4 is 10.2 Å². The van der Waals surface area contributed by atoms with Crippen molar-refractivity contribution >= 4 is 11.6 Å². The summed E-state index contributed by atoms with van der Waals surface area (Å²) in [6, 6.07) is 3.65. The van der Waals surface area contributed by atoms with Gasteiger partial charge in [0.1, 0.15) is 0 Å². The highest BCUT2D eigenvalue weighted by Gasteiger charge is 2.23. The van der Waals surface area contributed by atoms with E-state index in [1.807, 2.05) is 24.0 Å². The Morgan fingerprint density at radius 3 is 2.93 bits per heavy atom. The summed E-state index contributed by atoms with van der Waals surface area (Å²) in [6.07, 6.45) is 4.41. The summed E-state index contributed by atoms with van der Waals surface area (Å²) in [7, 11) is 0. The fourth-order valence-electron chi connectivity index (χ4n) is 1.77. The Morgan fingerprint density at radius 2 is 2.20 bits per heavy atom. The van der Waals surface area contributed by atoms with Crippen LogP contribution in [0.25, 0.3) is 0 Å². The van der Waals surface area contributed by atoms with Crippen LogP contribution in [0.15, 0.2) is 24.5 Å². The lowest BCUT2D eigenvalue weighted by Crippen LogP contribution is -2.41. The summed E-state index contributed by atoms with van der Waals surface area (Å²) < 4.78 is 0. The van der Waals surface area contributed by atoms with Gasteiger partial charge in [0.15, 0.2) is 0 Å². The molecule has 0 aromatic carbocycles. The zero-order chi connectivity index (χ0) is 10.7. The van der Waals surface area contributed by atoms with E-state index in [0.29, 0.717) is 0 Å². The van der Waals surface area contributed by atoms with Gasteiger partial charge in [-0.3, -0.25) is 9.78 Å². The Balaban J connectivity index is 2.23. The summed E-state index contributed by atoms with van der Waals surface area (Å²) in [4.78, 5) is 17.8. The zero-order valence-electron chi connectivity index (χ0n) is 8.81. The molecule has 2 heterocycles. The van der Waals surface area contributed by atoms with E-state index in [9.17, 15) is 4.79 Å². The highest BCUT2D eigenvalue weighted by atomic mass is 16.2. The fourth-order valence-corrected chi connectivity index (χ4v) is 1.77. The van der Waals surface area contributed by atoms with Gasteiger partial charge in [-0.05, 0) is 32.0 Å². The highest BCUT2D eigenvalue weighted by Crippen LogP contribution is 2.15. The van der Waals surface area contributed by atoms with Crippen LogP contribution in [0.3, 0.4) is 0 Å². The molecule has 1 fully saturated rings. The average Bonchev–Trinajstić information content (AvgIpc) is 2.44. The molecule has 4 nitrogen and oxygen atoms in total. The van der Waals surface area contributed by atoms with Gasteiger partial charge in [-0.1, -0.05) is 0 Å². The van der Waals surface area contributed by atoms with Crippen molar-refractivity contribution in [2.24, 2.45) is 0 Å². The van der Waals surface area contributed by atoms with Gasteiger partial charge in [0.25, 0.3) is 0 Å². The Morgan fingerprint density at radius 1 is 1.47 bits per heavy atom. The molecule has 1 aromatic heterocycles. The third-order valence-electron chi connectivity index (χ3n) is 2.62. The van der Waals surface area contributed by atoms with E-state index in [1.165, 1.54) is 0 Å². The summed E-state index contributed by atoms with van der Waals surface area (Å²) in [5, 5.41) is 3.19. The van der Waals surface area contributed by atoms with Crippen molar-refractivity contribution in [2.45, 2.75) is 19.4 Å². The number of hydrogen-bond acceptors (Lipinski definition) is 3. The monoisotopic (exact) mass is 205 g/mol. The number of nitrogens with zero attached hydrogens (tertiary/aromatic N) is 2. The van der Waals surface area contributed by atoms with Crippen LogP contribution in [0.1, 0.15) is 13.3 Å². The molecule has 1 aromatic rings. The van der Waals surface area contributed by atoms with E-state index >= 15 is 0 Å². The molecule has 0 aliphatic carbocycles. The Labute approximate surface area is 89.3 Å². The third-order valence-corrected chi connectivity index (χ3v) is 2.62. The minimum Gasteiger partial charge on any atom is -0.311 e. The summed E-state index contributed by atoms with van der Waals surface area (Å²) in [5.41, 5.74) is 0.936. The molecular weight excluding hydrogens is 190 g/mol. The van der Waals surface area contributed by atoms with E-state index < -0.39 is 0 Å². The second-order valence-electron chi connectivity index (χ2n) is 3.72. The molecular formula is C11H15N3O. The minimum atomic E-state index is -0.0966. The van der Waals surface area contributed by atoms with Crippen molar-refractivity contribution < 1.29 is 4.79 Å². The topological polar surface area (TPSA) is 45.2 Å². The van der Waals surface area contributed by atoms with Gasteiger partial charge in [-0.25, -0.2) is 0 Å². The molecule has 15 heavy (non-hydrogen) atoms. The number of aromatic nitrogens is 1. The molecule has 1 aliphatic heterocycles. The molecule has 1 unspecified atom stereocenters. The van der Waals surface area contributed by atoms with Crippen LogP contribution in [0, 0.1) is 0 Å². The number of amides is 1. The normalized spacial score (nSPS) is 22.6. The van der Waals surface area contributed by atoms with Crippen molar-refractivity contribution in [3.63, 3.8) is 0 Å². The summed E-state index contributed by atoms with van der Waals surface area (Å²) >= 11 is 0. The zero-order valence-corrected chi connectivity index (χ0v) is 8.81. The van der Waals surface area contributed by atoms with E-state index in [0.717, 1.165) is 25.2 Å². The summed E-state index contributed by atoms with van der Waals surface area (Å²) in [5.74, 6) is 0.138. The molecule has 1 aliphatic rings. The van der Waals surface area contributed by atoms with Gasteiger partial charge in [-0.2, -0.15) is 0 Å². The predicted molar refractivity (Wildman–Crippen MR) is 58.7 cm³/mol.